The zero-order valence-electron chi connectivity index (χ0n) is 18.4. The van der Waals surface area contributed by atoms with E-state index in [0.717, 1.165) is 28.0 Å². The van der Waals surface area contributed by atoms with Crippen LogP contribution in [0, 0.1) is 0 Å². The number of hydrogen-bond acceptors (Lipinski definition) is 12. The van der Waals surface area contributed by atoms with Gasteiger partial charge in [-0.25, -0.2) is 23.8 Å². The molecule has 0 unspecified atom stereocenters. The molecule has 1 fully saturated rings. The molecule has 38 heavy (non-hydrogen) atoms. The normalized spacial score (nSPS) is 18.9. The van der Waals surface area contributed by atoms with Gasteiger partial charge in [-0.15, -0.1) is 23.1 Å². The SMILES string of the molecule is NC(=O)OCC1=C(C(=O)O)N2C(=O)[C@@H](NC(=O)/C(=N\OCF)c3csc(N)n3)[C@H]2SC1.O=C(O)C(F)(F)F. The number of alkyl halides is 4. The average molecular weight is 588 g/mol. The van der Waals surface area contributed by atoms with Crippen molar-refractivity contribution in [2.75, 3.05) is 25.0 Å². The number of nitrogens with zero attached hydrogens (tertiary/aromatic N) is 3. The quantitative estimate of drug-likeness (QED) is 0.115. The smallest absolute Gasteiger partial charge is 0.477 e. The van der Waals surface area contributed by atoms with Crippen molar-refractivity contribution in [2.45, 2.75) is 17.6 Å². The van der Waals surface area contributed by atoms with Gasteiger partial charge in [0.15, 0.2) is 10.8 Å². The minimum Gasteiger partial charge on any atom is -0.477 e. The molecule has 0 spiro atoms. The summed E-state index contributed by atoms with van der Waals surface area (Å²) in [7, 11) is 0. The van der Waals surface area contributed by atoms with E-state index in [2.05, 4.69) is 25.0 Å². The van der Waals surface area contributed by atoms with E-state index in [-0.39, 0.29) is 34.5 Å². The Labute approximate surface area is 216 Å². The Morgan fingerprint density at radius 3 is 2.39 bits per heavy atom. The van der Waals surface area contributed by atoms with Gasteiger partial charge in [-0.1, -0.05) is 5.16 Å². The fourth-order valence-electron chi connectivity index (χ4n) is 2.85. The number of carbonyl (C=O) groups excluding carboxylic acids is 3. The Balaban J connectivity index is 0.000000638. The standard InChI is InChI=1S/C15H15FN6O7S2.C2HF3O2/c16-4-29-21-7(6-3-31-14(17)19-6)10(23)20-8-11(24)22-9(13(25)26)5(1-28-15(18)27)2-30-12(8)22;3-2(4,5)1(6)7/h3,8,12H,1-2,4H2,(H2,17,19)(H2,18,27)(H,20,23)(H,25,26);(H,6,7)/b21-7-;/t8-,12-;/m1./s1. The van der Waals surface area contributed by atoms with Gasteiger partial charge < -0.3 is 36.6 Å². The van der Waals surface area contributed by atoms with Crippen LogP contribution in [0.1, 0.15) is 5.69 Å². The van der Waals surface area contributed by atoms with Crippen molar-refractivity contribution in [3.63, 3.8) is 0 Å². The Kier molecular flexibility index (Phi) is 9.82. The maximum atomic E-state index is 12.6. The number of halogens is 4. The van der Waals surface area contributed by atoms with Crippen LogP contribution in [0.5, 0.6) is 0 Å². The summed E-state index contributed by atoms with van der Waals surface area (Å²) in [5, 5.41) is 23.2. The minimum atomic E-state index is -5.08. The molecular weight excluding hydrogens is 572 g/mol. The second-order valence-corrected chi connectivity index (χ2v) is 8.77. The lowest BCUT2D eigenvalue weighted by Gasteiger charge is -2.49. The summed E-state index contributed by atoms with van der Waals surface area (Å²) < 4.78 is 48.7. The van der Waals surface area contributed by atoms with Crippen LogP contribution in [-0.2, 0) is 28.8 Å². The number of amides is 3. The first kappa shape index (κ1) is 30.1. The predicted molar refractivity (Wildman–Crippen MR) is 119 cm³/mol. The summed E-state index contributed by atoms with van der Waals surface area (Å²) in [6, 6.07) is -1.09. The van der Waals surface area contributed by atoms with Crippen LogP contribution in [0.2, 0.25) is 0 Å². The van der Waals surface area contributed by atoms with E-state index in [4.69, 9.17) is 21.4 Å². The van der Waals surface area contributed by atoms with Gasteiger partial charge in [0.25, 0.3) is 18.7 Å². The third-order valence-corrected chi connectivity index (χ3v) is 6.37. The third kappa shape index (κ3) is 7.21. The van der Waals surface area contributed by atoms with Gasteiger partial charge in [0.1, 0.15) is 29.4 Å². The molecule has 1 saturated heterocycles. The lowest BCUT2D eigenvalue weighted by Crippen LogP contribution is -2.71. The number of hydrogen-bond donors (Lipinski definition) is 5. The number of nitrogens with one attached hydrogen (secondary N) is 1. The maximum absolute atomic E-state index is 12.6. The lowest BCUT2D eigenvalue weighted by atomic mass is 10.0. The van der Waals surface area contributed by atoms with Crippen LogP contribution in [0.15, 0.2) is 21.8 Å². The van der Waals surface area contributed by atoms with Crippen molar-refractivity contribution < 1.29 is 61.3 Å². The molecule has 2 aliphatic rings. The number of primary amides is 1. The molecular formula is C17H16F4N6O9S2. The number of aromatic nitrogens is 1. The fourth-order valence-corrected chi connectivity index (χ4v) is 4.73. The van der Waals surface area contributed by atoms with Crippen molar-refractivity contribution >= 4 is 63.8 Å². The van der Waals surface area contributed by atoms with Crippen molar-refractivity contribution in [3.05, 3.63) is 22.3 Å². The number of carboxylic acids is 2. The summed E-state index contributed by atoms with van der Waals surface area (Å²) >= 11 is 2.16. The molecule has 15 nitrogen and oxygen atoms in total. The molecule has 3 heterocycles. The first-order valence-corrected chi connectivity index (χ1v) is 11.5. The number of nitrogen functional groups attached to an aromatic ring is 1. The minimum absolute atomic E-state index is 0.0189. The number of rotatable bonds is 8. The zero-order valence-corrected chi connectivity index (χ0v) is 20.1. The number of carboxylic acid groups (broad SMARTS) is 2. The van der Waals surface area contributed by atoms with E-state index in [0.29, 0.717) is 0 Å². The molecule has 0 radical (unpaired) electrons. The predicted octanol–water partition coefficient (Wildman–Crippen LogP) is -0.160. The van der Waals surface area contributed by atoms with Gasteiger partial charge in [0.2, 0.25) is 0 Å². The maximum Gasteiger partial charge on any atom is 0.490 e. The van der Waals surface area contributed by atoms with Gasteiger partial charge in [-0.2, -0.15) is 13.2 Å². The van der Waals surface area contributed by atoms with Crippen LogP contribution in [0.25, 0.3) is 0 Å². The number of oxime groups is 1. The Morgan fingerprint density at radius 1 is 1.29 bits per heavy atom. The van der Waals surface area contributed by atoms with Crippen LogP contribution in [-0.4, -0.2) is 92.5 Å². The van der Waals surface area contributed by atoms with Gasteiger partial charge >= 0.3 is 24.2 Å². The monoisotopic (exact) mass is 588 g/mol. The molecule has 1 aromatic rings. The molecule has 0 bridgehead atoms. The Hall–Kier alpha value is -4.14. The van der Waals surface area contributed by atoms with Gasteiger partial charge in [0.05, 0.1) is 0 Å². The van der Waals surface area contributed by atoms with Gasteiger partial charge in [-0.3, -0.25) is 14.5 Å². The van der Waals surface area contributed by atoms with Gasteiger partial charge in [-0.05, 0) is 0 Å². The average Bonchev–Trinajstić information content (AvgIpc) is 3.26. The van der Waals surface area contributed by atoms with Gasteiger partial charge in [0, 0.05) is 16.7 Å². The number of ether oxygens (including phenoxy) is 1. The zero-order chi connectivity index (χ0) is 28.8. The Morgan fingerprint density at radius 2 is 1.92 bits per heavy atom. The first-order valence-electron chi connectivity index (χ1n) is 9.59. The topological polar surface area (TPSA) is 237 Å². The molecule has 2 aliphatic heterocycles. The fraction of sp³-hybridized carbons (Fsp3) is 0.353. The molecule has 2 atom stereocenters. The van der Waals surface area contributed by atoms with Crippen LogP contribution in [0.4, 0.5) is 27.5 Å². The molecule has 3 rings (SSSR count). The van der Waals surface area contributed by atoms with Crippen LogP contribution in [0.3, 0.4) is 0 Å². The molecule has 0 aliphatic carbocycles. The van der Waals surface area contributed by atoms with Crippen molar-refractivity contribution in [3.8, 4) is 0 Å². The van der Waals surface area contributed by atoms with Crippen LogP contribution < -0.4 is 16.8 Å². The molecule has 7 N–H and O–H groups in total. The number of aliphatic carboxylic acids is 2. The van der Waals surface area contributed by atoms with Crippen molar-refractivity contribution in [1.29, 1.82) is 0 Å². The number of carbonyl (C=O) groups is 5. The summed E-state index contributed by atoms with van der Waals surface area (Å²) in [5.41, 5.74) is 9.89. The highest BCUT2D eigenvalue weighted by atomic mass is 32.2. The largest absolute Gasteiger partial charge is 0.490 e. The summed E-state index contributed by atoms with van der Waals surface area (Å²) in [5.74, 6) is -5.63. The van der Waals surface area contributed by atoms with Crippen molar-refractivity contribution in [2.24, 2.45) is 10.9 Å². The van der Waals surface area contributed by atoms with E-state index < -0.39 is 60.0 Å². The molecule has 1 aromatic heterocycles. The first-order chi connectivity index (χ1) is 17.7. The summed E-state index contributed by atoms with van der Waals surface area (Å²) in [4.78, 5) is 65.8. The molecule has 208 valence electrons. The highest BCUT2D eigenvalue weighted by Crippen LogP contribution is 2.40. The van der Waals surface area contributed by atoms with Crippen LogP contribution >= 0.6 is 23.1 Å². The van der Waals surface area contributed by atoms with E-state index in [9.17, 15) is 41.8 Å². The summed E-state index contributed by atoms with van der Waals surface area (Å²) in [6.07, 6.45) is -6.17. The highest BCUT2D eigenvalue weighted by molar-refractivity contribution is 8.00. The van der Waals surface area contributed by atoms with E-state index in [1.807, 2.05) is 0 Å². The highest BCUT2D eigenvalue weighted by Gasteiger charge is 2.54. The number of thiazole rings is 1. The lowest BCUT2D eigenvalue weighted by molar-refractivity contribution is -0.192. The number of thioether (sulfide) groups is 1. The van der Waals surface area contributed by atoms with E-state index in [1.54, 1.807) is 0 Å². The Bertz CT molecular complexity index is 1190. The summed E-state index contributed by atoms with van der Waals surface area (Å²) in [6.45, 7) is -1.69. The second-order valence-electron chi connectivity index (χ2n) is 6.78. The molecule has 0 saturated carbocycles. The number of nitrogens with two attached hydrogens (primary N) is 2. The third-order valence-electron chi connectivity index (χ3n) is 4.35. The van der Waals surface area contributed by atoms with E-state index in [1.165, 1.54) is 5.38 Å². The molecule has 21 heteroatoms. The number of anilines is 1. The van der Waals surface area contributed by atoms with E-state index >= 15 is 0 Å². The van der Waals surface area contributed by atoms with Crippen molar-refractivity contribution in [1.82, 2.24) is 15.2 Å². The molecule has 3 amide bonds. The second kappa shape index (κ2) is 12.4. The number of β-lactam (4-membered cyclic amide) rings is 1. The molecule has 0 aromatic carbocycles. The number of fused-ring (bicyclic) bond motifs is 1.